The third kappa shape index (κ3) is 5.55. The molecule has 6 nitrogen and oxygen atoms in total. The summed E-state index contributed by atoms with van der Waals surface area (Å²) in [6.45, 7) is 4.09. The van der Waals surface area contributed by atoms with Crippen molar-refractivity contribution in [2.45, 2.75) is 20.3 Å². The molecule has 0 unspecified atom stereocenters. The Morgan fingerprint density at radius 3 is 2.47 bits per heavy atom. The maximum atomic E-state index is 10.9. The van der Waals surface area contributed by atoms with Crippen LogP contribution in [0.2, 0.25) is 0 Å². The van der Waals surface area contributed by atoms with Gasteiger partial charge < -0.3 is 9.84 Å². The molecule has 6 heteroatoms. The lowest BCUT2D eigenvalue weighted by molar-refractivity contribution is -0.131. The second-order valence-electron chi connectivity index (χ2n) is 8.94. The number of carbonyl (C=O) groups is 1. The quantitative estimate of drug-likeness (QED) is 0.169. The monoisotopic (exact) mass is 501 g/mol. The lowest BCUT2D eigenvalue weighted by atomic mass is 9.87. The van der Waals surface area contributed by atoms with E-state index < -0.39 is 5.97 Å². The van der Waals surface area contributed by atoms with Gasteiger partial charge in [0.1, 0.15) is 11.5 Å². The van der Waals surface area contributed by atoms with Crippen LogP contribution < -0.4 is 4.74 Å². The van der Waals surface area contributed by atoms with Crippen LogP contribution in [0.1, 0.15) is 41.3 Å². The molecular formula is C32H27N3O3. The Hall–Kier alpha value is -4.97. The third-order valence-electron chi connectivity index (χ3n) is 6.30. The zero-order valence-corrected chi connectivity index (χ0v) is 21.2. The van der Waals surface area contributed by atoms with E-state index >= 15 is 0 Å². The molecular weight excluding hydrogens is 474 g/mol. The first-order valence-corrected chi connectivity index (χ1v) is 12.4. The molecule has 0 fully saturated rings. The van der Waals surface area contributed by atoms with Crippen LogP contribution in [0.3, 0.4) is 0 Å². The number of hydrogen-bond acceptors (Lipinski definition) is 4. The summed E-state index contributed by atoms with van der Waals surface area (Å²) < 4.78 is 6.12. The van der Waals surface area contributed by atoms with Crippen molar-refractivity contribution in [1.82, 2.24) is 15.2 Å². The van der Waals surface area contributed by atoms with Crippen LogP contribution in [0.5, 0.6) is 11.5 Å². The van der Waals surface area contributed by atoms with E-state index in [4.69, 9.17) is 9.84 Å². The van der Waals surface area contributed by atoms with Crippen molar-refractivity contribution in [3.8, 4) is 11.5 Å². The molecule has 2 N–H and O–H groups in total. The number of aliphatic carboxylic acids is 1. The SMILES string of the molecule is CC/C(=C(/c1ccc(/C=C/C(=O)O)cc1)c1ccc2[nH]ncc2c1)c1cccc(Oc2ccc(C)nc2)c1. The summed E-state index contributed by atoms with van der Waals surface area (Å²) in [7, 11) is 0. The number of H-pyrrole nitrogens is 1. The molecule has 3 aromatic carbocycles. The van der Waals surface area contributed by atoms with E-state index in [1.54, 1.807) is 12.3 Å². The smallest absolute Gasteiger partial charge is 0.328 e. The molecule has 0 spiro atoms. The fourth-order valence-corrected chi connectivity index (χ4v) is 4.46. The molecule has 5 rings (SSSR count). The molecule has 0 saturated heterocycles. The summed E-state index contributed by atoms with van der Waals surface area (Å²) in [4.78, 5) is 15.3. The van der Waals surface area contributed by atoms with E-state index in [0.29, 0.717) is 5.75 Å². The maximum absolute atomic E-state index is 10.9. The van der Waals surface area contributed by atoms with Gasteiger partial charge in [-0.25, -0.2) is 4.79 Å². The minimum Gasteiger partial charge on any atom is -0.478 e. The van der Waals surface area contributed by atoms with Gasteiger partial charge in [0.05, 0.1) is 17.9 Å². The average molecular weight is 502 g/mol. The van der Waals surface area contributed by atoms with Gasteiger partial charge in [-0.05, 0) is 89.2 Å². The summed E-state index contributed by atoms with van der Waals surface area (Å²) in [6, 6.07) is 26.1. The lowest BCUT2D eigenvalue weighted by Gasteiger charge is -2.17. The van der Waals surface area contributed by atoms with Crippen molar-refractivity contribution in [3.05, 3.63) is 125 Å². The van der Waals surface area contributed by atoms with E-state index in [-0.39, 0.29) is 0 Å². The van der Waals surface area contributed by atoms with Gasteiger partial charge in [-0.1, -0.05) is 49.4 Å². The van der Waals surface area contributed by atoms with Gasteiger partial charge >= 0.3 is 5.97 Å². The molecule has 38 heavy (non-hydrogen) atoms. The molecule has 2 aromatic heterocycles. The Morgan fingerprint density at radius 1 is 0.921 bits per heavy atom. The van der Waals surface area contributed by atoms with Crippen molar-refractivity contribution in [3.63, 3.8) is 0 Å². The van der Waals surface area contributed by atoms with Gasteiger partial charge in [-0.15, -0.1) is 0 Å². The summed E-state index contributed by atoms with van der Waals surface area (Å²) in [5.74, 6) is 0.447. The van der Waals surface area contributed by atoms with Crippen molar-refractivity contribution in [2.75, 3.05) is 0 Å². The number of aromatic nitrogens is 3. The van der Waals surface area contributed by atoms with Crippen LogP contribution in [0.25, 0.3) is 28.1 Å². The van der Waals surface area contributed by atoms with Crippen molar-refractivity contribution in [1.29, 1.82) is 0 Å². The maximum Gasteiger partial charge on any atom is 0.328 e. The first-order valence-electron chi connectivity index (χ1n) is 12.4. The normalized spacial score (nSPS) is 12.1. The highest BCUT2D eigenvalue weighted by molar-refractivity contribution is 6.00. The minimum absolute atomic E-state index is 0.686. The van der Waals surface area contributed by atoms with Crippen LogP contribution in [0.15, 0.2) is 97.3 Å². The van der Waals surface area contributed by atoms with E-state index in [1.165, 1.54) is 0 Å². The highest BCUT2D eigenvalue weighted by atomic mass is 16.5. The molecule has 188 valence electrons. The average Bonchev–Trinajstić information content (AvgIpc) is 3.40. The largest absolute Gasteiger partial charge is 0.478 e. The predicted molar refractivity (Wildman–Crippen MR) is 151 cm³/mol. The van der Waals surface area contributed by atoms with Gasteiger partial charge in [-0.3, -0.25) is 10.1 Å². The highest BCUT2D eigenvalue weighted by Gasteiger charge is 2.15. The zero-order valence-electron chi connectivity index (χ0n) is 21.2. The van der Waals surface area contributed by atoms with Crippen molar-refractivity contribution in [2.24, 2.45) is 0 Å². The predicted octanol–water partition coefficient (Wildman–Crippen LogP) is 7.53. The van der Waals surface area contributed by atoms with Crippen LogP contribution in [-0.2, 0) is 4.79 Å². The summed E-state index contributed by atoms with van der Waals surface area (Å²) >= 11 is 0. The molecule has 5 aromatic rings. The fourth-order valence-electron chi connectivity index (χ4n) is 4.46. The number of benzene rings is 3. The van der Waals surface area contributed by atoms with Crippen LogP contribution in [0.4, 0.5) is 0 Å². The second kappa shape index (κ2) is 11.0. The molecule has 0 saturated carbocycles. The number of carboxylic acids is 1. The molecule has 0 aliphatic rings. The lowest BCUT2D eigenvalue weighted by Crippen LogP contribution is -1.96. The van der Waals surface area contributed by atoms with Gasteiger partial charge in [0.25, 0.3) is 0 Å². The Balaban J connectivity index is 1.62. The van der Waals surface area contributed by atoms with Gasteiger partial charge in [0.2, 0.25) is 0 Å². The minimum atomic E-state index is -0.972. The fraction of sp³-hybridized carbons (Fsp3) is 0.0938. The van der Waals surface area contributed by atoms with E-state index in [0.717, 1.165) is 68.2 Å². The number of aryl methyl sites for hydroxylation is 1. The highest BCUT2D eigenvalue weighted by Crippen LogP contribution is 2.37. The number of rotatable bonds is 8. The number of hydrogen-bond donors (Lipinski definition) is 2. The molecule has 0 aliphatic heterocycles. The van der Waals surface area contributed by atoms with Crippen molar-refractivity contribution >= 4 is 34.1 Å². The zero-order chi connectivity index (χ0) is 26.5. The number of aromatic amines is 1. The Kier molecular flexibility index (Phi) is 7.13. The summed E-state index contributed by atoms with van der Waals surface area (Å²) in [5, 5.41) is 17.2. The standard InChI is InChI=1S/C32H27N3O3/c1-3-29(24-5-4-6-27(18-24)38-28-14-7-21(2)33-20-28)32(25-13-15-30-26(17-25)19-34-35-30)23-11-8-22(9-12-23)10-16-31(36)37/h4-20H,3H2,1-2H3,(H,34,35)(H,36,37)/b16-10+,32-29+. The number of allylic oxidation sites excluding steroid dienone is 1. The molecule has 0 radical (unpaired) electrons. The molecule has 0 atom stereocenters. The van der Waals surface area contributed by atoms with E-state index in [1.807, 2.05) is 67.7 Å². The van der Waals surface area contributed by atoms with Gasteiger partial charge in [-0.2, -0.15) is 5.10 Å². The number of carboxylic acid groups (broad SMARTS) is 1. The topological polar surface area (TPSA) is 88.1 Å². The first kappa shape index (κ1) is 24.7. The number of fused-ring (bicyclic) bond motifs is 1. The molecule has 0 amide bonds. The Morgan fingerprint density at radius 2 is 1.74 bits per heavy atom. The summed E-state index contributed by atoms with van der Waals surface area (Å²) in [5.41, 5.74) is 8.15. The number of ether oxygens (including phenoxy) is 1. The van der Waals surface area contributed by atoms with Gasteiger partial charge in [0.15, 0.2) is 0 Å². The summed E-state index contributed by atoms with van der Waals surface area (Å²) in [6.07, 6.45) is 7.07. The number of nitrogens with zero attached hydrogens (tertiary/aromatic N) is 2. The number of pyridine rings is 1. The Bertz CT molecular complexity index is 1650. The molecule has 0 aliphatic carbocycles. The van der Waals surface area contributed by atoms with Crippen LogP contribution >= 0.6 is 0 Å². The van der Waals surface area contributed by atoms with E-state index in [9.17, 15) is 4.79 Å². The molecule has 2 heterocycles. The Labute approximate surface area is 221 Å². The third-order valence-corrected chi connectivity index (χ3v) is 6.30. The number of nitrogens with one attached hydrogen (secondary N) is 1. The van der Waals surface area contributed by atoms with Crippen LogP contribution in [-0.4, -0.2) is 26.3 Å². The second-order valence-corrected chi connectivity index (χ2v) is 8.94. The molecule has 0 bridgehead atoms. The van der Waals surface area contributed by atoms with Gasteiger partial charge in [0, 0.05) is 17.2 Å². The first-order chi connectivity index (χ1) is 18.5. The van der Waals surface area contributed by atoms with Crippen LogP contribution in [0, 0.1) is 6.92 Å². The van der Waals surface area contributed by atoms with Crippen molar-refractivity contribution < 1.29 is 14.6 Å². The van der Waals surface area contributed by atoms with E-state index in [2.05, 4.69) is 46.4 Å².